The second-order valence-electron chi connectivity index (χ2n) is 5.69. The summed E-state index contributed by atoms with van der Waals surface area (Å²) < 4.78 is 14.1. The van der Waals surface area contributed by atoms with Gasteiger partial charge in [0.05, 0.1) is 0 Å². The summed E-state index contributed by atoms with van der Waals surface area (Å²) >= 11 is 0. The Labute approximate surface area is 103 Å². The number of benzene rings is 1. The molecule has 1 saturated heterocycles. The molecule has 1 aliphatic heterocycles. The standard InChI is InChI=1S/C15H22FN/c1-11(2)10-15(7-4-8-17-15)13-9-12(3)5-6-14(13)16/h5-6,9,11,17H,4,7-8,10H2,1-3H3. The third kappa shape index (κ3) is 2.52. The van der Waals surface area contributed by atoms with Crippen molar-refractivity contribution in [3.8, 4) is 0 Å². The highest BCUT2D eigenvalue weighted by molar-refractivity contribution is 5.31. The Kier molecular flexibility index (Phi) is 3.53. The number of rotatable bonds is 3. The molecule has 1 nitrogen and oxygen atoms in total. The molecule has 1 aromatic carbocycles. The summed E-state index contributed by atoms with van der Waals surface area (Å²) in [6.45, 7) is 7.44. The van der Waals surface area contributed by atoms with Gasteiger partial charge in [-0.2, -0.15) is 0 Å². The van der Waals surface area contributed by atoms with Crippen molar-refractivity contribution in [1.82, 2.24) is 5.32 Å². The highest BCUT2D eigenvalue weighted by Gasteiger charge is 2.37. The molecule has 1 aromatic rings. The largest absolute Gasteiger partial charge is 0.307 e. The van der Waals surface area contributed by atoms with Crippen LogP contribution in [0, 0.1) is 18.7 Å². The first-order chi connectivity index (χ1) is 8.03. The second kappa shape index (κ2) is 4.77. The van der Waals surface area contributed by atoms with E-state index in [4.69, 9.17) is 0 Å². The summed E-state index contributed by atoms with van der Waals surface area (Å²) in [7, 11) is 0. The van der Waals surface area contributed by atoms with Gasteiger partial charge in [0.15, 0.2) is 0 Å². The molecular formula is C15H22FN. The molecule has 1 aliphatic rings. The maximum Gasteiger partial charge on any atom is 0.128 e. The molecule has 1 fully saturated rings. The monoisotopic (exact) mass is 235 g/mol. The average Bonchev–Trinajstić information content (AvgIpc) is 2.70. The number of hydrogen-bond donors (Lipinski definition) is 1. The van der Waals surface area contributed by atoms with Crippen LogP contribution in [-0.2, 0) is 5.54 Å². The molecule has 1 unspecified atom stereocenters. The van der Waals surface area contributed by atoms with E-state index in [0.29, 0.717) is 5.92 Å². The van der Waals surface area contributed by atoms with Crippen molar-refractivity contribution >= 4 is 0 Å². The molecule has 2 rings (SSSR count). The van der Waals surface area contributed by atoms with Crippen molar-refractivity contribution in [3.05, 3.63) is 35.1 Å². The molecule has 17 heavy (non-hydrogen) atoms. The van der Waals surface area contributed by atoms with E-state index in [0.717, 1.165) is 36.9 Å². The van der Waals surface area contributed by atoms with Crippen LogP contribution in [0.1, 0.15) is 44.2 Å². The van der Waals surface area contributed by atoms with Crippen LogP contribution in [0.4, 0.5) is 4.39 Å². The number of aryl methyl sites for hydroxylation is 1. The third-order valence-electron chi connectivity index (χ3n) is 3.64. The van der Waals surface area contributed by atoms with Gasteiger partial charge < -0.3 is 5.32 Å². The maximum absolute atomic E-state index is 14.1. The van der Waals surface area contributed by atoms with Crippen molar-refractivity contribution < 1.29 is 4.39 Å². The first-order valence-electron chi connectivity index (χ1n) is 6.55. The number of nitrogens with one attached hydrogen (secondary N) is 1. The average molecular weight is 235 g/mol. The molecule has 0 radical (unpaired) electrons. The Bertz CT molecular complexity index is 392. The molecule has 0 bridgehead atoms. The van der Waals surface area contributed by atoms with Crippen LogP contribution < -0.4 is 5.32 Å². The Balaban J connectivity index is 2.41. The van der Waals surface area contributed by atoms with E-state index in [2.05, 4.69) is 19.2 Å². The lowest BCUT2D eigenvalue weighted by Gasteiger charge is -2.32. The van der Waals surface area contributed by atoms with Gasteiger partial charge >= 0.3 is 0 Å². The van der Waals surface area contributed by atoms with Crippen molar-refractivity contribution in [3.63, 3.8) is 0 Å². The van der Waals surface area contributed by atoms with Gasteiger partial charge in [-0.15, -0.1) is 0 Å². The molecule has 0 amide bonds. The molecule has 0 spiro atoms. The minimum atomic E-state index is -0.135. The highest BCUT2D eigenvalue weighted by atomic mass is 19.1. The predicted molar refractivity (Wildman–Crippen MR) is 69.5 cm³/mol. The molecule has 0 aliphatic carbocycles. The summed E-state index contributed by atoms with van der Waals surface area (Å²) in [5, 5.41) is 3.55. The zero-order valence-electron chi connectivity index (χ0n) is 11.0. The summed E-state index contributed by atoms with van der Waals surface area (Å²) in [6, 6.07) is 5.46. The van der Waals surface area contributed by atoms with Crippen molar-refractivity contribution in [2.45, 2.75) is 45.6 Å². The van der Waals surface area contributed by atoms with Gasteiger partial charge in [0.2, 0.25) is 0 Å². The van der Waals surface area contributed by atoms with Gasteiger partial charge in [-0.05, 0) is 44.7 Å². The molecule has 1 N–H and O–H groups in total. The van der Waals surface area contributed by atoms with Gasteiger partial charge in [-0.25, -0.2) is 4.39 Å². The lowest BCUT2D eigenvalue weighted by atomic mass is 9.80. The minimum absolute atomic E-state index is 0.0642. The predicted octanol–water partition coefficient (Wildman–Crippen LogP) is 3.76. The smallest absolute Gasteiger partial charge is 0.128 e. The first-order valence-corrected chi connectivity index (χ1v) is 6.55. The van der Waals surface area contributed by atoms with Crippen molar-refractivity contribution in [1.29, 1.82) is 0 Å². The van der Waals surface area contributed by atoms with E-state index in [1.54, 1.807) is 6.07 Å². The Morgan fingerprint density at radius 3 is 2.76 bits per heavy atom. The van der Waals surface area contributed by atoms with Crippen LogP contribution in [0.25, 0.3) is 0 Å². The van der Waals surface area contributed by atoms with Crippen LogP contribution in [0.2, 0.25) is 0 Å². The minimum Gasteiger partial charge on any atom is -0.307 e. The lowest BCUT2D eigenvalue weighted by molar-refractivity contribution is 0.300. The maximum atomic E-state index is 14.1. The quantitative estimate of drug-likeness (QED) is 0.841. The van der Waals surface area contributed by atoms with Crippen LogP contribution in [-0.4, -0.2) is 6.54 Å². The van der Waals surface area contributed by atoms with Crippen LogP contribution >= 0.6 is 0 Å². The van der Waals surface area contributed by atoms with E-state index < -0.39 is 0 Å². The van der Waals surface area contributed by atoms with Crippen molar-refractivity contribution in [2.75, 3.05) is 6.54 Å². The topological polar surface area (TPSA) is 12.0 Å². The molecule has 1 heterocycles. The van der Waals surface area contributed by atoms with E-state index in [9.17, 15) is 4.39 Å². The fraction of sp³-hybridized carbons (Fsp3) is 0.600. The normalized spacial score (nSPS) is 24.5. The van der Waals surface area contributed by atoms with Gasteiger partial charge in [-0.1, -0.05) is 31.5 Å². The number of hydrogen-bond acceptors (Lipinski definition) is 1. The summed E-state index contributed by atoms with van der Waals surface area (Å²) in [6.07, 6.45) is 3.19. The SMILES string of the molecule is Cc1ccc(F)c(C2(CC(C)C)CCCN2)c1. The molecule has 94 valence electrons. The second-order valence-corrected chi connectivity index (χ2v) is 5.69. The van der Waals surface area contributed by atoms with Gasteiger partial charge in [0, 0.05) is 11.1 Å². The van der Waals surface area contributed by atoms with Crippen molar-refractivity contribution in [2.24, 2.45) is 5.92 Å². The highest BCUT2D eigenvalue weighted by Crippen LogP contribution is 2.38. The molecule has 0 aromatic heterocycles. The summed E-state index contributed by atoms with van der Waals surface area (Å²) in [4.78, 5) is 0. The Morgan fingerprint density at radius 2 is 2.18 bits per heavy atom. The Morgan fingerprint density at radius 1 is 1.41 bits per heavy atom. The van der Waals surface area contributed by atoms with Crippen LogP contribution in [0.15, 0.2) is 18.2 Å². The van der Waals surface area contributed by atoms with Crippen LogP contribution in [0.5, 0.6) is 0 Å². The van der Waals surface area contributed by atoms with E-state index in [1.807, 2.05) is 19.1 Å². The fourth-order valence-corrected chi connectivity index (χ4v) is 3.02. The van der Waals surface area contributed by atoms with Gasteiger partial charge in [-0.3, -0.25) is 0 Å². The summed E-state index contributed by atoms with van der Waals surface area (Å²) in [5.74, 6) is 0.506. The lowest BCUT2D eigenvalue weighted by Crippen LogP contribution is -2.39. The Hall–Kier alpha value is -0.890. The molecule has 1 atom stereocenters. The molecular weight excluding hydrogens is 213 g/mol. The molecule has 2 heteroatoms. The van der Waals surface area contributed by atoms with Crippen LogP contribution in [0.3, 0.4) is 0 Å². The van der Waals surface area contributed by atoms with E-state index in [1.165, 1.54) is 0 Å². The molecule has 0 saturated carbocycles. The third-order valence-corrected chi connectivity index (χ3v) is 3.64. The fourth-order valence-electron chi connectivity index (χ4n) is 3.02. The van der Waals surface area contributed by atoms with E-state index in [-0.39, 0.29) is 11.4 Å². The first kappa shape index (κ1) is 12.6. The van der Waals surface area contributed by atoms with Gasteiger partial charge in [0.1, 0.15) is 5.82 Å². The zero-order valence-corrected chi connectivity index (χ0v) is 11.0. The zero-order chi connectivity index (χ0) is 12.5. The number of halogens is 1. The van der Waals surface area contributed by atoms with Gasteiger partial charge in [0.25, 0.3) is 0 Å². The van der Waals surface area contributed by atoms with E-state index >= 15 is 0 Å². The summed E-state index contributed by atoms with van der Waals surface area (Å²) in [5.41, 5.74) is 1.87.